The molecule has 0 saturated carbocycles. The number of aromatic hydroxyl groups is 1. The van der Waals surface area contributed by atoms with Crippen LogP contribution in [0, 0.1) is 11.6 Å². The normalized spacial score (nSPS) is 11.4. The van der Waals surface area contributed by atoms with E-state index >= 15 is 8.78 Å². The summed E-state index contributed by atoms with van der Waals surface area (Å²) in [5, 5.41) is 11.8. The molecule has 2 heterocycles. The van der Waals surface area contributed by atoms with Crippen LogP contribution in [0.1, 0.15) is 11.1 Å². The van der Waals surface area contributed by atoms with Crippen LogP contribution in [0.15, 0.2) is 131 Å². The monoisotopic (exact) mass is 696 g/mol. The molecule has 258 valence electrons. The fraction of sp³-hybridized carbons (Fsp3) is 0.0952. The van der Waals surface area contributed by atoms with Crippen LogP contribution in [0.4, 0.5) is 8.78 Å². The number of benzene rings is 5. The summed E-state index contributed by atoms with van der Waals surface area (Å²) >= 11 is 0. The molecule has 0 unspecified atom stereocenters. The molecule has 0 spiro atoms. The van der Waals surface area contributed by atoms with Gasteiger partial charge in [-0.2, -0.15) is 0 Å². The number of hydrogen-bond acceptors (Lipinski definition) is 6. The van der Waals surface area contributed by atoms with Crippen LogP contribution in [0.25, 0.3) is 44.1 Å². The summed E-state index contributed by atoms with van der Waals surface area (Å²) in [6.45, 7) is 0.707. The second kappa shape index (κ2) is 13.2. The van der Waals surface area contributed by atoms with E-state index < -0.39 is 40.8 Å². The molecule has 0 bridgehead atoms. The molecule has 0 saturated heterocycles. The molecule has 0 fully saturated rings. The van der Waals surface area contributed by atoms with Gasteiger partial charge < -0.3 is 28.5 Å². The minimum Gasteiger partial charge on any atom is -0.503 e. The molecule has 0 radical (unpaired) electrons. The molecule has 6 aromatic carbocycles. The fourth-order valence-corrected chi connectivity index (χ4v) is 6.46. The van der Waals surface area contributed by atoms with Crippen LogP contribution in [-0.2, 0) is 13.1 Å². The number of methoxy groups -OCH3 is 1. The Balaban J connectivity index is 0.915. The van der Waals surface area contributed by atoms with E-state index in [1.807, 2.05) is 89.8 Å². The van der Waals surface area contributed by atoms with E-state index in [-0.39, 0.29) is 5.56 Å². The van der Waals surface area contributed by atoms with Crippen molar-refractivity contribution in [2.45, 2.75) is 13.1 Å². The molecule has 52 heavy (non-hydrogen) atoms. The number of ether oxygens (including phenoxy) is 3. The van der Waals surface area contributed by atoms with Gasteiger partial charge in [0.25, 0.3) is 5.43 Å². The molecule has 2 aromatic heterocycles. The van der Waals surface area contributed by atoms with Gasteiger partial charge in [-0.05, 0) is 99.3 Å². The lowest BCUT2D eigenvalue weighted by Gasteiger charge is -2.13. The number of hydrogen-bond donors (Lipinski definition) is 1. The minimum absolute atomic E-state index is 0.0319. The van der Waals surface area contributed by atoms with Gasteiger partial charge >= 0.3 is 0 Å². The number of nitrogens with zero attached hydrogens (tertiary/aromatic N) is 2. The Morgan fingerprint density at radius 3 is 1.69 bits per heavy atom. The van der Waals surface area contributed by atoms with Gasteiger partial charge in [0.05, 0.1) is 12.7 Å². The Labute approximate surface area is 295 Å². The smallest absolute Gasteiger partial charge is 0.268 e. The Morgan fingerprint density at radius 2 is 1.13 bits per heavy atom. The SMILES string of the molecule is COc1ccc(Cn2ccc3ccc(-c4cc(F)c(OCOc5ccc(Cn6ccc7ccc(-c8c(O)c(=O)c8=O)cc76)cc5)c(F)c4)cc32)cc1. The highest BCUT2D eigenvalue weighted by Gasteiger charge is 2.22. The fourth-order valence-electron chi connectivity index (χ4n) is 6.46. The third kappa shape index (κ3) is 6.04. The van der Waals surface area contributed by atoms with Gasteiger partial charge in [0, 0.05) is 36.5 Å². The number of fused-ring (bicyclic) bond motifs is 2. The van der Waals surface area contributed by atoms with Crippen molar-refractivity contribution in [3.05, 3.63) is 165 Å². The molecule has 8 nitrogen and oxygen atoms in total. The van der Waals surface area contributed by atoms with E-state index in [1.165, 1.54) is 12.1 Å². The largest absolute Gasteiger partial charge is 0.503 e. The van der Waals surface area contributed by atoms with Gasteiger partial charge in [-0.15, -0.1) is 0 Å². The maximum atomic E-state index is 15.2. The third-order valence-corrected chi connectivity index (χ3v) is 9.27. The van der Waals surface area contributed by atoms with Crippen molar-refractivity contribution in [3.8, 4) is 45.3 Å². The van der Waals surface area contributed by atoms with Crippen LogP contribution < -0.4 is 25.1 Å². The zero-order chi connectivity index (χ0) is 35.9. The molecule has 0 amide bonds. The molecule has 0 aliphatic heterocycles. The molecule has 0 aliphatic rings. The quantitative estimate of drug-likeness (QED) is 0.109. The van der Waals surface area contributed by atoms with Gasteiger partial charge in [0.15, 0.2) is 23.1 Å². The second-order valence-electron chi connectivity index (χ2n) is 12.5. The van der Waals surface area contributed by atoms with Gasteiger partial charge in [-0.25, -0.2) is 8.78 Å². The van der Waals surface area contributed by atoms with Gasteiger partial charge in [-0.3, -0.25) is 9.59 Å². The molecule has 1 N–H and O–H groups in total. The molecule has 0 atom stereocenters. The van der Waals surface area contributed by atoms with E-state index in [0.717, 1.165) is 38.7 Å². The standard InChI is InChI=1S/C42H30F2N2O6/c1-50-32-10-2-25(3-11-32)22-45-16-14-27-6-8-29(20-36(27)45)31-18-34(43)42(35(44)19-31)52-24-51-33-12-4-26(5-13-33)23-46-17-15-28-7-9-30(21-37(28)46)38-39(47)41(49)40(38)48/h2-21,47H,22-24H2,1H3. The highest BCUT2D eigenvalue weighted by molar-refractivity contribution is 5.88. The first-order valence-electron chi connectivity index (χ1n) is 16.4. The summed E-state index contributed by atoms with van der Waals surface area (Å²) in [7, 11) is 1.63. The Bertz CT molecular complexity index is 2650. The van der Waals surface area contributed by atoms with Crippen molar-refractivity contribution in [3.63, 3.8) is 0 Å². The van der Waals surface area contributed by atoms with E-state index in [0.29, 0.717) is 35.5 Å². The van der Waals surface area contributed by atoms with Gasteiger partial charge in [0.2, 0.25) is 12.2 Å². The van der Waals surface area contributed by atoms with Crippen molar-refractivity contribution in [2.75, 3.05) is 13.9 Å². The van der Waals surface area contributed by atoms with E-state index in [9.17, 15) is 14.7 Å². The van der Waals surface area contributed by atoms with Gasteiger partial charge in [-0.1, -0.05) is 48.5 Å². The van der Waals surface area contributed by atoms with Crippen molar-refractivity contribution >= 4 is 21.8 Å². The molecule has 8 rings (SSSR count). The highest BCUT2D eigenvalue weighted by Crippen LogP contribution is 2.32. The van der Waals surface area contributed by atoms with Crippen LogP contribution >= 0.6 is 0 Å². The topological polar surface area (TPSA) is 91.9 Å². The van der Waals surface area contributed by atoms with Crippen molar-refractivity contribution in [2.24, 2.45) is 0 Å². The average Bonchev–Trinajstić information content (AvgIpc) is 3.76. The second-order valence-corrected chi connectivity index (χ2v) is 12.5. The number of rotatable bonds is 11. The summed E-state index contributed by atoms with van der Waals surface area (Å²) in [5.74, 6) is -1.49. The third-order valence-electron chi connectivity index (χ3n) is 9.27. The number of aromatic nitrogens is 2. The predicted octanol–water partition coefficient (Wildman–Crippen LogP) is 8.03. The van der Waals surface area contributed by atoms with Crippen molar-refractivity contribution in [1.29, 1.82) is 0 Å². The predicted molar refractivity (Wildman–Crippen MR) is 195 cm³/mol. The van der Waals surface area contributed by atoms with Crippen LogP contribution in [0.2, 0.25) is 0 Å². The zero-order valence-corrected chi connectivity index (χ0v) is 27.8. The first-order chi connectivity index (χ1) is 25.2. The summed E-state index contributed by atoms with van der Waals surface area (Å²) < 4.78 is 50.8. The molecule has 0 aliphatic carbocycles. The average molecular weight is 697 g/mol. The number of halogens is 2. The minimum atomic E-state index is -0.871. The molecular formula is C42H30F2N2O6. The van der Waals surface area contributed by atoms with E-state index in [2.05, 4.69) is 4.57 Å². The molecule has 8 aromatic rings. The summed E-state index contributed by atoms with van der Waals surface area (Å²) in [6, 6.07) is 32.4. The summed E-state index contributed by atoms with van der Waals surface area (Å²) in [6.07, 6.45) is 3.89. The first-order valence-corrected chi connectivity index (χ1v) is 16.4. The van der Waals surface area contributed by atoms with Gasteiger partial charge in [0.1, 0.15) is 11.5 Å². The van der Waals surface area contributed by atoms with Crippen LogP contribution in [-0.4, -0.2) is 28.1 Å². The lowest BCUT2D eigenvalue weighted by Crippen LogP contribution is -2.31. The first kappa shape index (κ1) is 32.5. The van der Waals surface area contributed by atoms with Crippen LogP contribution in [0.3, 0.4) is 0 Å². The highest BCUT2D eigenvalue weighted by atomic mass is 19.1. The Morgan fingerprint density at radius 1 is 0.596 bits per heavy atom. The van der Waals surface area contributed by atoms with Crippen LogP contribution in [0.5, 0.6) is 23.0 Å². The summed E-state index contributed by atoms with van der Waals surface area (Å²) in [5.41, 5.74) is 3.78. The van der Waals surface area contributed by atoms with E-state index in [1.54, 1.807) is 31.4 Å². The summed E-state index contributed by atoms with van der Waals surface area (Å²) in [4.78, 5) is 23.5. The van der Waals surface area contributed by atoms with Crippen molar-refractivity contribution < 1.29 is 28.1 Å². The lowest BCUT2D eigenvalue weighted by atomic mass is 9.99. The molecular weight excluding hydrogens is 666 g/mol. The maximum absolute atomic E-state index is 15.2. The van der Waals surface area contributed by atoms with E-state index in [4.69, 9.17) is 14.2 Å². The molecule has 10 heteroatoms. The zero-order valence-electron chi connectivity index (χ0n) is 27.8. The Hall–Kier alpha value is -6.68. The van der Waals surface area contributed by atoms with Crippen molar-refractivity contribution in [1.82, 2.24) is 9.13 Å². The maximum Gasteiger partial charge on any atom is 0.268 e. The lowest BCUT2D eigenvalue weighted by molar-refractivity contribution is 0.110. The Kier molecular flexibility index (Phi) is 8.27.